The highest BCUT2D eigenvalue weighted by Crippen LogP contribution is 2.24. The number of aliphatic hydroxyl groups is 2. The summed E-state index contributed by atoms with van der Waals surface area (Å²) in [5.74, 6) is -0.235. The number of halogens is 1. The number of anilines is 1. The Bertz CT molecular complexity index is 724. The van der Waals surface area contributed by atoms with E-state index in [1.807, 2.05) is 0 Å². The molecule has 1 saturated heterocycles. The van der Waals surface area contributed by atoms with Crippen LogP contribution in [0, 0.1) is 0 Å². The molecule has 1 atom stereocenters. The van der Waals surface area contributed by atoms with E-state index in [-0.39, 0.29) is 25.6 Å². The Kier molecular flexibility index (Phi) is 4.81. The molecule has 24 heavy (non-hydrogen) atoms. The standard InChI is InChI=1S/C15H18ClN5O3/c16-11-1-2-13(21-10-17-9-18-21)12(5-11)19-14(23)6-20-4-3-15(24,7-20)8-22/h1-2,5,9-10,22,24H,3-4,6-8H2,(H,19,23). The second kappa shape index (κ2) is 6.86. The molecular formula is C15H18ClN5O3. The molecule has 0 aliphatic carbocycles. The minimum atomic E-state index is -1.12. The second-order valence-electron chi connectivity index (χ2n) is 5.89. The molecule has 1 aromatic carbocycles. The molecular weight excluding hydrogens is 334 g/mol. The van der Waals surface area contributed by atoms with E-state index in [4.69, 9.17) is 11.6 Å². The Hall–Kier alpha value is -2.00. The summed E-state index contributed by atoms with van der Waals surface area (Å²) in [5, 5.41) is 26.6. The Balaban J connectivity index is 1.70. The zero-order valence-electron chi connectivity index (χ0n) is 12.9. The molecule has 1 aromatic heterocycles. The van der Waals surface area contributed by atoms with Crippen LogP contribution in [0.15, 0.2) is 30.9 Å². The Labute approximate surface area is 143 Å². The third-order valence-corrected chi connectivity index (χ3v) is 4.21. The molecule has 3 N–H and O–H groups in total. The van der Waals surface area contributed by atoms with Crippen LogP contribution in [-0.4, -0.2) is 67.6 Å². The summed E-state index contributed by atoms with van der Waals surface area (Å²) in [6.07, 6.45) is 3.37. The highest BCUT2D eigenvalue weighted by Gasteiger charge is 2.35. The Morgan fingerprint density at radius 1 is 1.46 bits per heavy atom. The minimum Gasteiger partial charge on any atom is -0.393 e. The number of hydrogen-bond acceptors (Lipinski definition) is 6. The lowest BCUT2D eigenvalue weighted by Gasteiger charge is -2.20. The van der Waals surface area contributed by atoms with Gasteiger partial charge in [-0.1, -0.05) is 11.6 Å². The molecule has 1 aliphatic rings. The van der Waals surface area contributed by atoms with Crippen LogP contribution < -0.4 is 5.32 Å². The van der Waals surface area contributed by atoms with Crippen molar-refractivity contribution in [3.63, 3.8) is 0 Å². The van der Waals surface area contributed by atoms with Gasteiger partial charge < -0.3 is 15.5 Å². The third-order valence-electron chi connectivity index (χ3n) is 3.97. The number of β-amino-alcohol motifs (C(OH)–C–C–N with tert-alkyl or cyclic N) is 1. The number of aliphatic hydroxyl groups excluding tert-OH is 1. The Morgan fingerprint density at radius 2 is 2.29 bits per heavy atom. The van der Waals surface area contributed by atoms with Crippen molar-refractivity contribution in [2.24, 2.45) is 0 Å². The van der Waals surface area contributed by atoms with E-state index >= 15 is 0 Å². The van der Waals surface area contributed by atoms with E-state index in [9.17, 15) is 15.0 Å². The molecule has 1 aliphatic heterocycles. The van der Waals surface area contributed by atoms with E-state index in [1.54, 1.807) is 23.1 Å². The summed E-state index contributed by atoms with van der Waals surface area (Å²) in [6, 6.07) is 5.09. The SMILES string of the molecule is O=C(CN1CCC(O)(CO)C1)Nc1cc(Cl)ccc1-n1cncn1. The van der Waals surface area contributed by atoms with E-state index in [0.717, 1.165) is 0 Å². The average Bonchev–Trinajstić information content (AvgIpc) is 3.18. The number of benzene rings is 1. The van der Waals surface area contributed by atoms with Crippen LogP contribution in [0.2, 0.25) is 5.02 Å². The highest BCUT2D eigenvalue weighted by atomic mass is 35.5. The Morgan fingerprint density at radius 3 is 2.96 bits per heavy atom. The third kappa shape index (κ3) is 3.73. The topological polar surface area (TPSA) is 104 Å². The van der Waals surface area contributed by atoms with Crippen LogP contribution in [0.3, 0.4) is 0 Å². The predicted molar refractivity (Wildman–Crippen MR) is 88.1 cm³/mol. The number of hydrogen-bond donors (Lipinski definition) is 3. The molecule has 0 radical (unpaired) electrons. The molecule has 1 amide bonds. The first kappa shape index (κ1) is 16.8. The summed E-state index contributed by atoms with van der Waals surface area (Å²) < 4.78 is 1.53. The van der Waals surface area contributed by atoms with Crippen molar-refractivity contribution in [2.45, 2.75) is 12.0 Å². The van der Waals surface area contributed by atoms with Crippen molar-refractivity contribution >= 4 is 23.2 Å². The van der Waals surface area contributed by atoms with Gasteiger partial charge in [-0.05, 0) is 24.6 Å². The van der Waals surface area contributed by atoms with Gasteiger partial charge in [0.2, 0.25) is 5.91 Å². The molecule has 0 saturated carbocycles. The van der Waals surface area contributed by atoms with E-state index in [1.165, 1.54) is 17.3 Å². The van der Waals surface area contributed by atoms with Crippen LogP contribution >= 0.6 is 11.6 Å². The van der Waals surface area contributed by atoms with Gasteiger partial charge in [0.1, 0.15) is 18.3 Å². The molecule has 0 spiro atoms. The van der Waals surface area contributed by atoms with Gasteiger partial charge in [0, 0.05) is 18.1 Å². The fourth-order valence-electron chi connectivity index (χ4n) is 2.74. The second-order valence-corrected chi connectivity index (χ2v) is 6.33. The predicted octanol–water partition coefficient (Wildman–Crippen LogP) is 0.288. The van der Waals surface area contributed by atoms with Crippen molar-refractivity contribution in [2.75, 3.05) is 31.6 Å². The van der Waals surface area contributed by atoms with Crippen LogP contribution in [0.5, 0.6) is 0 Å². The van der Waals surface area contributed by atoms with E-state index in [0.29, 0.717) is 29.4 Å². The number of rotatable bonds is 5. The zero-order chi connectivity index (χ0) is 17.2. The van der Waals surface area contributed by atoms with E-state index < -0.39 is 5.60 Å². The first-order valence-electron chi connectivity index (χ1n) is 7.49. The summed E-state index contributed by atoms with van der Waals surface area (Å²) in [5.41, 5.74) is 0.0514. The lowest BCUT2D eigenvalue weighted by atomic mass is 10.1. The van der Waals surface area contributed by atoms with Gasteiger partial charge in [-0.25, -0.2) is 9.67 Å². The van der Waals surface area contributed by atoms with Crippen LogP contribution in [0.1, 0.15) is 6.42 Å². The van der Waals surface area contributed by atoms with Gasteiger partial charge >= 0.3 is 0 Å². The number of likely N-dealkylation sites (tertiary alicyclic amines) is 1. The van der Waals surface area contributed by atoms with Crippen LogP contribution in [-0.2, 0) is 4.79 Å². The first-order chi connectivity index (χ1) is 11.5. The molecule has 1 fully saturated rings. The highest BCUT2D eigenvalue weighted by molar-refractivity contribution is 6.31. The maximum absolute atomic E-state index is 12.3. The summed E-state index contributed by atoms with van der Waals surface area (Å²) in [7, 11) is 0. The molecule has 8 nitrogen and oxygen atoms in total. The average molecular weight is 352 g/mol. The van der Waals surface area contributed by atoms with Gasteiger partial charge in [0.05, 0.1) is 24.5 Å². The normalized spacial score (nSPS) is 21.1. The van der Waals surface area contributed by atoms with Crippen molar-refractivity contribution in [3.05, 3.63) is 35.9 Å². The maximum Gasteiger partial charge on any atom is 0.238 e. The van der Waals surface area contributed by atoms with Gasteiger partial charge in [-0.3, -0.25) is 9.69 Å². The number of nitrogens with one attached hydrogen (secondary N) is 1. The zero-order valence-corrected chi connectivity index (χ0v) is 13.6. The maximum atomic E-state index is 12.3. The molecule has 3 rings (SSSR count). The number of aromatic nitrogens is 3. The van der Waals surface area contributed by atoms with Crippen molar-refractivity contribution < 1.29 is 15.0 Å². The quantitative estimate of drug-likeness (QED) is 0.715. The summed E-state index contributed by atoms with van der Waals surface area (Å²) in [4.78, 5) is 18.0. The van der Waals surface area contributed by atoms with E-state index in [2.05, 4.69) is 15.4 Å². The lowest BCUT2D eigenvalue weighted by Crippen LogP contribution is -2.39. The van der Waals surface area contributed by atoms with Crippen LogP contribution in [0.4, 0.5) is 5.69 Å². The number of carbonyl (C=O) groups is 1. The fourth-order valence-corrected chi connectivity index (χ4v) is 2.91. The first-order valence-corrected chi connectivity index (χ1v) is 7.87. The summed E-state index contributed by atoms with van der Waals surface area (Å²) >= 11 is 6.02. The van der Waals surface area contributed by atoms with Gasteiger partial charge in [0.25, 0.3) is 0 Å². The minimum absolute atomic E-state index is 0.117. The van der Waals surface area contributed by atoms with Crippen molar-refractivity contribution in [3.8, 4) is 5.69 Å². The molecule has 9 heteroatoms. The number of nitrogens with zero attached hydrogens (tertiary/aromatic N) is 4. The lowest BCUT2D eigenvalue weighted by molar-refractivity contribution is -0.117. The molecule has 1 unspecified atom stereocenters. The molecule has 0 bridgehead atoms. The summed E-state index contributed by atoms with van der Waals surface area (Å²) in [6.45, 7) is 0.625. The monoisotopic (exact) mass is 351 g/mol. The fraction of sp³-hybridized carbons (Fsp3) is 0.400. The molecule has 2 aromatic rings. The number of amides is 1. The van der Waals surface area contributed by atoms with Gasteiger partial charge in [0.15, 0.2) is 0 Å². The van der Waals surface area contributed by atoms with Gasteiger partial charge in [-0.2, -0.15) is 5.10 Å². The largest absolute Gasteiger partial charge is 0.393 e. The van der Waals surface area contributed by atoms with Crippen LogP contribution in [0.25, 0.3) is 5.69 Å². The smallest absolute Gasteiger partial charge is 0.238 e. The van der Waals surface area contributed by atoms with Gasteiger partial charge in [-0.15, -0.1) is 0 Å². The molecule has 128 valence electrons. The van der Waals surface area contributed by atoms with Crippen molar-refractivity contribution in [1.82, 2.24) is 19.7 Å². The molecule has 2 heterocycles. The van der Waals surface area contributed by atoms with Crippen molar-refractivity contribution in [1.29, 1.82) is 0 Å². The number of carbonyl (C=O) groups excluding carboxylic acids is 1.